The number of carbonyl (C=O) groups excluding carboxylic acids is 1. The number of benzene rings is 1. The number of halogens is 1. The minimum atomic E-state index is -0.527. The fourth-order valence-corrected chi connectivity index (χ4v) is 2.42. The van der Waals surface area contributed by atoms with Gasteiger partial charge < -0.3 is 15.3 Å². The van der Waals surface area contributed by atoms with Gasteiger partial charge in [0.2, 0.25) is 0 Å². The van der Waals surface area contributed by atoms with Crippen molar-refractivity contribution < 1.29 is 9.90 Å². The van der Waals surface area contributed by atoms with Crippen molar-refractivity contribution in [3.05, 3.63) is 34.9 Å². The van der Waals surface area contributed by atoms with E-state index in [-0.39, 0.29) is 12.1 Å². The molecule has 2 N–H and O–H groups in total. The molecule has 2 unspecified atom stereocenters. The van der Waals surface area contributed by atoms with Gasteiger partial charge in [-0.1, -0.05) is 23.7 Å². The van der Waals surface area contributed by atoms with Crippen LogP contribution in [-0.2, 0) is 0 Å². The zero-order chi connectivity index (χ0) is 14.7. The summed E-state index contributed by atoms with van der Waals surface area (Å²) in [7, 11) is 1.69. The molecule has 1 aliphatic carbocycles. The molecule has 0 heterocycles. The lowest BCUT2D eigenvalue weighted by Crippen LogP contribution is -2.42. The zero-order valence-electron chi connectivity index (χ0n) is 11.8. The first-order valence-corrected chi connectivity index (χ1v) is 7.30. The second-order valence-electron chi connectivity index (χ2n) is 5.55. The Morgan fingerprint density at radius 1 is 1.45 bits per heavy atom. The fourth-order valence-electron chi connectivity index (χ4n) is 2.30. The van der Waals surface area contributed by atoms with Crippen LogP contribution in [0.15, 0.2) is 24.3 Å². The van der Waals surface area contributed by atoms with Crippen LogP contribution in [0.3, 0.4) is 0 Å². The van der Waals surface area contributed by atoms with E-state index in [2.05, 4.69) is 5.32 Å². The predicted octanol–water partition coefficient (Wildman–Crippen LogP) is 2.81. The Kier molecular flexibility index (Phi) is 4.89. The number of nitrogens with one attached hydrogen (secondary N) is 1. The molecule has 1 fully saturated rings. The number of aliphatic hydroxyl groups is 1. The predicted molar refractivity (Wildman–Crippen MR) is 79.8 cm³/mol. The van der Waals surface area contributed by atoms with Gasteiger partial charge in [-0.05, 0) is 43.4 Å². The highest BCUT2D eigenvalue weighted by atomic mass is 35.5. The van der Waals surface area contributed by atoms with E-state index in [1.807, 2.05) is 24.3 Å². The van der Waals surface area contributed by atoms with E-state index in [9.17, 15) is 9.90 Å². The van der Waals surface area contributed by atoms with Crippen molar-refractivity contribution in [1.82, 2.24) is 10.2 Å². The van der Waals surface area contributed by atoms with Gasteiger partial charge in [-0.25, -0.2) is 4.79 Å². The Morgan fingerprint density at radius 3 is 2.55 bits per heavy atom. The van der Waals surface area contributed by atoms with Crippen LogP contribution in [0.2, 0.25) is 5.02 Å². The van der Waals surface area contributed by atoms with E-state index in [1.165, 1.54) is 4.90 Å². The maximum Gasteiger partial charge on any atom is 0.317 e. The van der Waals surface area contributed by atoms with Crippen LogP contribution in [0, 0.1) is 5.92 Å². The number of amides is 2. The van der Waals surface area contributed by atoms with Crippen LogP contribution in [0.25, 0.3) is 0 Å². The standard InChI is InChI=1S/C15H21ClN2O2/c1-10(19)9-18(2)15(20)17-14(11-3-4-11)12-5-7-13(16)8-6-12/h5-8,10-11,14,19H,3-4,9H2,1-2H3,(H,17,20). The molecule has 0 radical (unpaired) electrons. The number of nitrogens with zero attached hydrogens (tertiary/aromatic N) is 1. The summed E-state index contributed by atoms with van der Waals surface area (Å²) >= 11 is 5.90. The topological polar surface area (TPSA) is 52.6 Å². The van der Waals surface area contributed by atoms with Crippen molar-refractivity contribution in [2.45, 2.75) is 31.9 Å². The molecular formula is C15H21ClN2O2. The minimum Gasteiger partial charge on any atom is -0.392 e. The number of likely N-dealkylation sites (N-methyl/N-ethyl adjacent to an activating group) is 1. The van der Waals surface area contributed by atoms with Gasteiger partial charge in [0.1, 0.15) is 0 Å². The van der Waals surface area contributed by atoms with E-state index < -0.39 is 6.10 Å². The molecule has 4 nitrogen and oxygen atoms in total. The summed E-state index contributed by atoms with van der Waals surface area (Å²) in [4.78, 5) is 13.6. The molecule has 2 rings (SSSR count). The fraction of sp³-hybridized carbons (Fsp3) is 0.533. The lowest BCUT2D eigenvalue weighted by atomic mass is 10.0. The van der Waals surface area contributed by atoms with Gasteiger partial charge in [-0.2, -0.15) is 0 Å². The van der Waals surface area contributed by atoms with Crippen molar-refractivity contribution >= 4 is 17.6 Å². The van der Waals surface area contributed by atoms with Gasteiger partial charge in [0.25, 0.3) is 0 Å². The Balaban J connectivity index is 2.03. The first-order valence-electron chi connectivity index (χ1n) is 6.92. The van der Waals surface area contributed by atoms with Gasteiger partial charge in [0.05, 0.1) is 12.1 Å². The largest absolute Gasteiger partial charge is 0.392 e. The average molecular weight is 297 g/mol. The highest BCUT2D eigenvalue weighted by molar-refractivity contribution is 6.30. The summed E-state index contributed by atoms with van der Waals surface area (Å²) in [5.74, 6) is 0.500. The second-order valence-corrected chi connectivity index (χ2v) is 5.98. The SMILES string of the molecule is CC(O)CN(C)C(=O)NC(c1ccc(Cl)cc1)C1CC1. The highest BCUT2D eigenvalue weighted by Gasteiger charge is 2.34. The number of carbonyl (C=O) groups is 1. The number of hydrogen-bond acceptors (Lipinski definition) is 2. The average Bonchev–Trinajstić information content (AvgIpc) is 3.20. The van der Waals surface area contributed by atoms with Crippen molar-refractivity contribution in [2.75, 3.05) is 13.6 Å². The molecule has 0 bridgehead atoms. The monoisotopic (exact) mass is 296 g/mol. The molecule has 110 valence electrons. The van der Waals surface area contributed by atoms with Crippen LogP contribution in [0.5, 0.6) is 0 Å². The van der Waals surface area contributed by atoms with Gasteiger partial charge >= 0.3 is 6.03 Å². The smallest absolute Gasteiger partial charge is 0.317 e. The van der Waals surface area contributed by atoms with Crippen molar-refractivity contribution in [3.63, 3.8) is 0 Å². The summed E-state index contributed by atoms with van der Waals surface area (Å²) in [6.07, 6.45) is 1.74. The van der Waals surface area contributed by atoms with Gasteiger partial charge in [-0.3, -0.25) is 0 Å². The molecular weight excluding hydrogens is 276 g/mol. The molecule has 2 amide bonds. The molecule has 0 aromatic heterocycles. The van der Waals surface area contributed by atoms with Crippen molar-refractivity contribution in [2.24, 2.45) is 5.92 Å². The summed E-state index contributed by atoms with van der Waals surface area (Å²) in [5, 5.41) is 13.1. The number of hydrogen-bond donors (Lipinski definition) is 2. The normalized spacial score (nSPS) is 17.4. The second kappa shape index (κ2) is 6.46. The molecule has 0 saturated heterocycles. The van der Waals surface area contributed by atoms with E-state index in [0.717, 1.165) is 18.4 Å². The quantitative estimate of drug-likeness (QED) is 0.878. The summed E-state index contributed by atoms with van der Waals surface area (Å²) in [6.45, 7) is 1.99. The Morgan fingerprint density at radius 2 is 2.05 bits per heavy atom. The molecule has 1 aromatic rings. The molecule has 5 heteroatoms. The first kappa shape index (κ1) is 15.1. The van der Waals surface area contributed by atoms with Gasteiger partial charge in [0.15, 0.2) is 0 Å². The Labute approximate surface area is 124 Å². The van der Waals surface area contributed by atoms with Crippen LogP contribution < -0.4 is 5.32 Å². The molecule has 0 aliphatic heterocycles. The number of rotatable bonds is 5. The van der Waals surface area contributed by atoms with Crippen LogP contribution in [0.4, 0.5) is 4.79 Å². The third kappa shape index (κ3) is 4.12. The minimum absolute atomic E-state index is 0.0243. The summed E-state index contributed by atoms with van der Waals surface area (Å²) < 4.78 is 0. The summed E-state index contributed by atoms with van der Waals surface area (Å²) in [6, 6.07) is 7.48. The molecule has 0 spiro atoms. The molecule has 1 saturated carbocycles. The van der Waals surface area contributed by atoms with E-state index in [0.29, 0.717) is 17.5 Å². The lowest BCUT2D eigenvalue weighted by Gasteiger charge is -2.24. The Bertz CT molecular complexity index is 457. The lowest BCUT2D eigenvalue weighted by molar-refractivity contribution is 0.142. The summed E-state index contributed by atoms with van der Waals surface area (Å²) in [5.41, 5.74) is 1.08. The molecule has 1 aromatic carbocycles. The molecule has 1 aliphatic rings. The molecule has 20 heavy (non-hydrogen) atoms. The Hall–Kier alpha value is -1.26. The zero-order valence-corrected chi connectivity index (χ0v) is 12.6. The van der Waals surface area contributed by atoms with E-state index >= 15 is 0 Å². The maximum atomic E-state index is 12.1. The maximum absolute atomic E-state index is 12.1. The highest BCUT2D eigenvalue weighted by Crippen LogP contribution is 2.41. The van der Waals surface area contributed by atoms with Gasteiger partial charge in [0, 0.05) is 18.6 Å². The van der Waals surface area contributed by atoms with E-state index in [1.54, 1.807) is 14.0 Å². The van der Waals surface area contributed by atoms with Gasteiger partial charge in [-0.15, -0.1) is 0 Å². The van der Waals surface area contributed by atoms with Crippen molar-refractivity contribution in [3.8, 4) is 0 Å². The van der Waals surface area contributed by atoms with Crippen LogP contribution in [-0.4, -0.2) is 35.7 Å². The number of aliphatic hydroxyl groups excluding tert-OH is 1. The van der Waals surface area contributed by atoms with Crippen LogP contribution in [0.1, 0.15) is 31.4 Å². The van der Waals surface area contributed by atoms with Crippen molar-refractivity contribution in [1.29, 1.82) is 0 Å². The third-order valence-corrected chi connectivity index (χ3v) is 3.74. The molecule has 2 atom stereocenters. The number of urea groups is 1. The van der Waals surface area contributed by atoms with E-state index in [4.69, 9.17) is 11.6 Å². The first-order chi connectivity index (χ1) is 9.47. The third-order valence-electron chi connectivity index (χ3n) is 3.49. The van der Waals surface area contributed by atoms with Crippen LogP contribution >= 0.6 is 11.6 Å².